The minimum absolute atomic E-state index is 0.216. The van der Waals surface area contributed by atoms with Crippen LogP contribution in [0.25, 0.3) is 0 Å². The molecule has 0 radical (unpaired) electrons. The third-order valence-corrected chi connectivity index (χ3v) is 2.84. The van der Waals surface area contributed by atoms with Crippen LogP contribution in [0.1, 0.15) is 19.8 Å². The lowest BCUT2D eigenvalue weighted by atomic mass is 10.2. The van der Waals surface area contributed by atoms with E-state index in [1.165, 1.54) is 13.2 Å². The van der Waals surface area contributed by atoms with E-state index in [1.807, 2.05) is 4.90 Å². The summed E-state index contributed by atoms with van der Waals surface area (Å²) in [5.74, 6) is -0.413. The van der Waals surface area contributed by atoms with Crippen molar-refractivity contribution in [2.45, 2.75) is 32.0 Å². The number of allylic oxidation sites excluding steroid dienone is 1. The summed E-state index contributed by atoms with van der Waals surface area (Å²) in [4.78, 5) is 12.6. The molecule has 2 atom stereocenters. The van der Waals surface area contributed by atoms with Gasteiger partial charge in [0.1, 0.15) is 12.3 Å². The highest BCUT2D eigenvalue weighted by Gasteiger charge is 2.34. The Kier molecular flexibility index (Phi) is 3.11. The van der Waals surface area contributed by atoms with Gasteiger partial charge in [0.05, 0.1) is 12.2 Å². The van der Waals surface area contributed by atoms with Gasteiger partial charge in [-0.1, -0.05) is 0 Å². The Hall–Kier alpha value is -1.54. The van der Waals surface area contributed by atoms with Crippen molar-refractivity contribution < 1.29 is 14.3 Å². The molecule has 16 heavy (non-hydrogen) atoms. The maximum atomic E-state index is 10.7. The van der Waals surface area contributed by atoms with E-state index in [0.29, 0.717) is 18.8 Å². The number of morpholine rings is 1. The van der Waals surface area contributed by atoms with Gasteiger partial charge in [-0.25, -0.2) is 0 Å². The first kappa shape index (κ1) is 11.0. The molecular formula is C11H14N2O3. The average Bonchev–Trinajstić information content (AvgIpc) is 2.58. The molecule has 2 bridgehead atoms. The molecule has 2 heterocycles. The molecule has 0 aromatic heterocycles. The summed E-state index contributed by atoms with van der Waals surface area (Å²) in [6.07, 6.45) is 3.76. The van der Waals surface area contributed by atoms with Gasteiger partial charge in [-0.05, 0) is 12.8 Å². The number of nitriles is 1. The van der Waals surface area contributed by atoms with Crippen molar-refractivity contribution in [1.82, 2.24) is 4.90 Å². The van der Waals surface area contributed by atoms with Crippen molar-refractivity contribution in [2.24, 2.45) is 0 Å². The molecule has 86 valence electrons. The zero-order valence-corrected chi connectivity index (χ0v) is 9.18. The minimum atomic E-state index is -0.413. The van der Waals surface area contributed by atoms with Crippen LogP contribution in [-0.2, 0) is 14.3 Å². The van der Waals surface area contributed by atoms with Crippen LogP contribution in [0, 0.1) is 11.3 Å². The molecule has 2 aliphatic rings. The topological polar surface area (TPSA) is 62.6 Å². The molecule has 0 aromatic carbocycles. The Balaban J connectivity index is 2.02. The van der Waals surface area contributed by atoms with Crippen LogP contribution in [0.3, 0.4) is 0 Å². The Morgan fingerprint density at radius 2 is 2.12 bits per heavy atom. The van der Waals surface area contributed by atoms with Gasteiger partial charge in [-0.15, -0.1) is 0 Å². The van der Waals surface area contributed by atoms with Crippen LogP contribution in [0.15, 0.2) is 12.0 Å². The normalized spacial score (nSPS) is 28.8. The number of hydrogen-bond acceptors (Lipinski definition) is 5. The third kappa shape index (κ3) is 2.34. The number of likely N-dealkylation sites (tertiary alicyclic amines) is 1. The largest absolute Gasteiger partial charge is 0.432 e. The highest BCUT2D eigenvalue weighted by Crippen LogP contribution is 2.28. The lowest BCUT2D eigenvalue weighted by Crippen LogP contribution is -2.41. The molecule has 0 aliphatic carbocycles. The van der Waals surface area contributed by atoms with Crippen LogP contribution in [0.2, 0.25) is 0 Å². The number of carbonyl (C=O) groups is 1. The van der Waals surface area contributed by atoms with E-state index in [2.05, 4.69) is 6.07 Å². The maximum absolute atomic E-state index is 10.7. The third-order valence-electron chi connectivity index (χ3n) is 2.84. The van der Waals surface area contributed by atoms with Crippen molar-refractivity contribution in [2.75, 3.05) is 13.1 Å². The second-order valence-electron chi connectivity index (χ2n) is 4.09. The second kappa shape index (κ2) is 4.54. The minimum Gasteiger partial charge on any atom is -0.432 e. The fourth-order valence-electron chi connectivity index (χ4n) is 2.12. The second-order valence-corrected chi connectivity index (χ2v) is 4.09. The van der Waals surface area contributed by atoms with Crippen molar-refractivity contribution >= 4 is 5.97 Å². The van der Waals surface area contributed by atoms with E-state index in [-0.39, 0.29) is 12.2 Å². The van der Waals surface area contributed by atoms with E-state index in [0.717, 1.165) is 12.8 Å². The number of nitrogens with zero attached hydrogens (tertiary/aromatic N) is 2. The van der Waals surface area contributed by atoms with Gasteiger partial charge in [-0.2, -0.15) is 5.26 Å². The number of esters is 1. The Bertz CT molecular complexity index is 347. The summed E-state index contributed by atoms with van der Waals surface area (Å²) in [6.45, 7) is 2.73. The van der Waals surface area contributed by atoms with E-state index >= 15 is 0 Å². The van der Waals surface area contributed by atoms with Crippen LogP contribution >= 0.6 is 0 Å². The highest BCUT2D eigenvalue weighted by atomic mass is 16.5. The molecule has 0 saturated carbocycles. The van der Waals surface area contributed by atoms with Crippen LogP contribution in [0.5, 0.6) is 0 Å². The lowest BCUT2D eigenvalue weighted by Gasteiger charge is -2.32. The van der Waals surface area contributed by atoms with Gasteiger partial charge >= 0.3 is 5.97 Å². The molecule has 2 aliphatic heterocycles. The van der Waals surface area contributed by atoms with Gasteiger partial charge in [-0.3, -0.25) is 4.79 Å². The standard InChI is InChI=1S/C11H14N2O3/c1-8(14)15-7-9(4-12)13-5-10-2-3-11(6-13)16-10/h7,10-11H,2-3,5-6H2,1H3/b9-7+/t10-,11+. The summed E-state index contributed by atoms with van der Waals surface area (Å²) in [7, 11) is 0. The van der Waals surface area contributed by atoms with E-state index in [4.69, 9.17) is 14.7 Å². The van der Waals surface area contributed by atoms with Crippen molar-refractivity contribution in [3.05, 3.63) is 12.0 Å². The summed E-state index contributed by atoms with van der Waals surface area (Å²) in [6, 6.07) is 2.05. The van der Waals surface area contributed by atoms with Gasteiger partial charge in [0.2, 0.25) is 0 Å². The quantitative estimate of drug-likeness (QED) is 0.392. The molecule has 2 rings (SSSR count). The first-order valence-electron chi connectivity index (χ1n) is 5.37. The molecule has 2 fully saturated rings. The smallest absolute Gasteiger partial charge is 0.307 e. The Labute approximate surface area is 94.2 Å². The summed E-state index contributed by atoms with van der Waals surface area (Å²) in [5, 5.41) is 8.99. The summed E-state index contributed by atoms with van der Waals surface area (Å²) < 4.78 is 10.4. The molecular weight excluding hydrogens is 208 g/mol. The van der Waals surface area contributed by atoms with E-state index < -0.39 is 5.97 Å². The summed E-state index contributed by atoms with van der Waals surface area (Å²) >= 11 is 0. The number of rotatable bonds is 2. The molecule has 0 aromatic rings. The molecule has 2 saturated heterocycles. The average molecular weight is 222 g/mol. The molecule has 0 N–H and O–H groups in total. The van der Waals surface area contributed by atoms with Gasteiger partial charge < -0.3 is 14.4 Å². The van der Waals surface area contributed by atoms with Crippen molar-refractivity contribution in [3.63, 3.8) is 0 Å². The SMILES string of the molecule is CC(=O)O/C=C(\C#N)N1C[C@H]2CC[C@@H](C1)O2. The number of ether oxygens (including phenoxy) is 2. The zero-order chi connectivity index (χ0) is 11.5. The highest BCUT2D eigenvalue weighted by molar-refractivity contribution is 5.66. The monoisotopic (exact) mass is 222 g/mol. The molecule has 0 unspecified atom stereocenters. The Morgan fingerprint density at radius 3 is 2.62 bits per heavy atom. The molecule has 0 amide bonds. The van der Waals surface area contributed by atoms with Crippen LogP contribution in [0.4, 0.5) is 0 Å². The van der Waals surface area contributed by atoms with Gasteiger partial charge in [0.15, 0.2) is 5.70 Å². The van der Waals surface area contributed by atoms with Gasteiger partial charge in [0.25, 0.3) is 0 Å². The zero-order valence-electron chi connectivity index (χ0n) is 9.18. The van der Waals surface area contributed by atoms with E-state index in [9.17, 15) is 4.79 Å². The fourth-order valence-corrected chi connectivity index (χ4v) is 2.12. The molecule has 0 spiro atoms. The lowest BCUT2D eigenvalue weighted by molar-refractivity contribution is -0.135. The Morgan fingerprint density at radius 1 is 1.50 bits per heavy atom. The van der Waals surface area contributed by atoms with Crippen molar-refractivity contribution in [1.29, 1.82) is 5.26 Å². The molecule has 5 nitrogen and oxygen atoms in total. The van der Waals surface area contributed by atoms with Crippen LogP contribution < -0.4 is 0 Å². The fraction of sp³-hybridized carbons (Fsp3) is 0.636. The molecule has 5 heteroatoms. The van der Waals surface area contributed by atoms with Crippen LogP contribution in [-0.4, -0.2) is 36.2 Å². The number of fused-ring (bicyclic) bond motifs is 2. The van der Waals surface area contributed by atoms with E-state index in [1.54, 1.807) is 0 Å². The predicted molar refractivity (Wildman–Crippen MR) is 54.9 cm³/mol. The summed E-state index contributed by atoms with van der Waals surface area (Å²) in [5.41, 5.74) is 0.399. The maximum Gasteiger partial charge on any atom is 0.307 e. The number of hydrogen-bond donors (Lipinski definition) is 0. The van der Waals surface area contributed by atoms with Crippen molar-refractivity contribution in [3.8, 4) is 6.07 Å². The predicted octanol–water partition coefficient (Wildman–Crippen LogP) is 0.778. The first-order chi connectivity index (χ1) is 7.69. The van der Waals surface area contributed by atoms with Gasteiger partial charge in [0, 0.05) is 20.0 Å². The number of carbonyl (C=O) groups excluding carboxylic acids is 1. The first-order valence-corrected chi connectivity index (χ1v) is 5.37.